The number of benzene rings is 3. The van der Waals surface area contributed by atoms with E-state index in [1.54, 1.807) is 30.3 Å². The summed E-state index contributed by atoms with van der Waals surface area (Å²) in [6.45, 7) is 2.63. The zero-order valence-electron chi connectivity index (χ0n) is 21.8. The Bertz CT molecular complexity index is 1320. The van der Waals surface area contributed by atoms with E-state index in [2.05, 4.69) is 21.2 Å². The number of rotatable bonds is 10. The van der Waals surface area contributed by atoms with Crippen molar-refractivity contribution in [1.82, 2.24) is 0 Å². The van der Waals surface area contributed by atoms with Gasteiger partial charge in [0.15, 0.2) is 11.5 Å². The third-order valence-corrected chi connectivity index (χ3v) is 7.26. The summed E-state index contributed by atoms with van der Waals surface area (Å²) < 4.78 is 18.1. The van der Waals surface area contributed by atoms with Gasteiger partial charge in [0.25, 0.3) is 0 Å². The van der Waals surface area contributed by atoms with Crippen LogP contribution < -0.4 is 14.8 Å². The Labute approximate surface area is 242 Å². The average Bonchev–Trinajstić information content (AvgIpc) is 2.93. The first-order chi connectivity index (χ1) is 18.9. The van der Waals surface area contributed by atoms with Crippen molar-refractivity contribution in [2.45, 2.75) is 51.7 Å². The molecule has 0 heterocycles. The quantitative estimate of drug-likeness (QED) is 0.184. The molecule has 0 radical (unpaired) electrons. The van der Waals surface area contributed by atoms with Crippen molar-refractivity contribution in [1.29, 1.82) is 0 Å². The van der Waals surface area contributed by atoms with E-state index in [1.807, 2.05) is 43.3 Å². The summed E-state index contributed by atoms with van der Waals surface area (Å²) >= 11 is 9.81. The molecular formula is C31H31BrClNO5. The number of hydrogen-bond donors (Lipinski definition) is 1. The van der Waals surface area contributed by atoms with Gasteiger partial charge in [0.2, 0.25) is 5.91 Å². The van der Waals surface area contributed by atoms with Gasteiger partial charge in [-0.1, -0.05) is 36.2 Å². The van der Waals surface area contributed by atoms with Gasteiger partial charge >= 0.3 is 5.97 Å². The minimum absolute atomic E-state index is 0.00188. The second kappa shape index (κ2) is 14.2. The lowest BCUT2D eigenvalue weighted by molar-refractivity contribution is -0.111. The van der Waals surface area contributed by atoms with Gasteiger partial charge in [-0.2, -0.15) is 0 Å². The van der Waals surface area contributed by atoms with E-state index in [1.165, 1.54) is 12.5 Å². The number of carbonyl (C=O) groups is 2. The lowest BCUT2D eigenvalue weighted by atomic mass is 9.98. The molecule has 1 saturated carbocycles. The first-order valence-electron chi connectivity index (χ1n) is 13.1. The highest BCUT2D eigenvalue weighted by atomic mass is 79.9. The standard InChI is InChI=1S/C31H31BrClNO5/c1-2-37-28-19-21(18-26(32)30(28)38-20-23-8-6-7-11-27(23)33)12-17-29(35)34-24-15-13-22(14-16-24)31(36)39-25-9-4-3-5-10-25/h6-8,11-19,25H,2-5,9-10,20H2,1H3,(H,34,35)/b17-12+. The van der Waals surface area contributed by atoms with Crippen LogP contribution in [-0.2, 0) is 16.1 Å². The van der Waals surface area contributed by atoms with Crippen LogP contribution in [0.1, 0.15) is 60.5 Å². The van der Waals surface area contributed by atoms with E-state index >= 15 is 0 Å². The summed E-state index contributed by atoms with van der Waals surface area (Å²) in [7, 11) is 0. The minimum Gasteiger partial charge on any atom is -0.490 e. The fourth-order valence-electron chi connectivity index (χ4n) is 4.30. The summed E-state index contributed by atoms with van der Waals surface area (Å²) in [5.41, 5.74) is 2.67. The van der Waals surface area contributed by atoms with E-state index in [9.17, 15) is 9.59 Å². The lowest BCUT2D eigenvalue weighted by Gasteiger charge is -2.21. The van der Waals surface area contributed by atoms with Crippen LogP contribution in [0.2, 0.25) is 5.02 Å². The summed E-state index contributed by atoms with van der Waals surface area (Å²) in [6, 6.07) is 17.9. The monoisotopic (exact) mass is 611 g/mol. The lowest BCUT2D eigenvalue weighted by Crippen LogP contribution is -2.20. The van der Waals surface area contributed by atoms with E-state index in [-0.39, 0.29) is 24.6 Å². The highest BCUT2D eigenvalue weighted by Gasteiger charge is 2.19. The molecule has 0 bridgehead atoms. The summed E-state index contributed by atoms with van der Waals surface area (Å²) in [6.07, 6.45) is 8.38. The number of esters is 1. The second-order valence-corrected chi connectivity index (χ2v) is 10.5. The Morgan fingerprint density at radius 1 is 1.03 bits per heavy atom. The third-order valence-electron chi connectivity index (χ3n) is 6.30. The van der Waals surface area contributed by atoms with Crippen molar-refractivity contribution < 1.29 is 23.8 Å². The Kier molecular flexibility index (Phi) is 10.5. The van der Waals surface area contributed by atoms with Crippen LogP contribution in [-0.4, -0.2) is 24.6 Å². The molecule has 204 valence electrons. The molecule has 8 heteroatoms. The normalized spacial score (nSPS) is 13.7. The van der Waals surface area contributed by atoms with Gasteiger partial charge < -0.3 is 19.5 Å². The molecule has 39 heavy (non-hydrogen) atoms. The molecule has 0 spiro atoms. The van der Waals surface area contributed by atoms with Gasteiger partial charge in [-0.05, 0) is 103 Å². The van der Waals surface area contributed by atoms with Gasteiger partial charge in [-0.15, -0.1) is 0 Å². The Balaban J connectivity index is 1.36. The Hall–Kier alpha value is -3.29. The van der Waals surface area contributed by atoms with Gasteiger partial charge in [0, 0.05) is 22.3 Å². The molecular weight excluding hydrogens is 582 g/mol. The van der Waals surface area contributed by atoms with Crippen LogP contribution in [0.3, 0.4) is 0 Å². The molecule has 1 N–H and O–H groups in total. The maximum atomic E-state index is 12.6. The van der Waals surface area contributed by atoms with Crippen molar-refractivity contribution in [3.8, 4) is 11.5 Å². The Morgan fingerprint density at radius 3 is 2.49 bits per heavy atom. The number of amides is 1. The van der Waals surface area contributed by atoms with Gasteiger partial charge in [0.1, 0.15) is 12.7 Å². The molecule has 0 unspecified atom stereocenters. The van der Waals surface area contributed by atoms with Crippen molar-refractivity contribution in [2.24, 2.45) is 0 Å². The molecule has 4 rings (SSSR count). The maximum absolute atomic E-state index is 12.6. The van der Waals surface area contributed by atoms with E-state index < -0.39 is 0 Å². The average molecular weight is 613 g/mol. The fourth-order valence-corrected chi connectivity index (χ4v) is 5.06. The number of hydrogen-bond acceptors (Lipinski definition) is 5. The fraction of sp³-hybridized carbons (Fsp3) is 0.290. The van der Waals surface area contributed by atoms with E-state index in [0.29, 0.717) is 38.9 Å². The van der Waals surface area contributed by atoms with Crippen LogP contribution in [0.15, 0.2) is 71.2 Å². The SMILES string of the molecule is CCOc1cc(/C=C/C(=O)Nc2ccc(C(=O)OC3CCCCC3)cc2)cc(Br)c1OCc1ccccc1Cl. The van der Waals surface area contributed by atoms with Gasteiger partial charge in [0.05, 0.1) is 16.6 Å². The number of halogens is 2. The minimum atomic E-state index is -0.324. The summed E-state index contributed by atoms with van der Waals surface area (Å²) in [5.74, 6) is 0.477. The molecule has 1 amide bonds. The molecule has 0 aliphatic heterocycles. The number of anilines is 1. The topological polar surface area (TPSA) is 73.9 Å². The molecule has 1 fully saturated rings. The molecule has 1 aliphatic rings. The van der Waals surface area contributed by atoms with Crippen molar-refractivity contribution in [3.05, 3.63) is 92.9 Å². The molecule has 3 aromatic carbocycles. The molecule has 0 saturated heterocycles. The smallest absolute Gasteiger partial charge is 0.338 e. The molecule has 3 aromatic rings. The van der Waals surface area contributed by atoms with Crippen LogP contribution >= 0.6 is 27.5 Å². The Morgan fingerprint density at radius 2 is 1.77 bits per heavy atom. The maximum Gasteiger partial charge on any atom is 0.338 e. The second-order valence-electron chi connectivity index (χ2n) is 9.21. The van der Waals surface area contributed by atoms with Crippen molar-refractivity contribution >= 4 is 51.2 Å². The summed E-state index contributed by atoms with van der Waals surface area (Å²) in [4.78, 5) is 25.0. The number of nitrogens with one attached hydrogen (secondary N) is 1. The zero-order valence-corrected chi connectivity index (χ0v) is 24.1. The highest BCUT2D eigenvalue weighted by molar-refractivity contribution is 9.10. The van der Waals surface area contributed by atoms with Gasteiger partial charge in [-0.3, -0.25) is 4.79 Å². The van der Waals surface area contributed by atoms with E-state index in [4.69, 9.17) is 25.8 Å². The number of ether oxygens (including phenoxy) is 3. The molecule has 1 aliphatic carbocycles. The zero-order chi connectivity index (χ0) is 27.6. The van der Waals surface area contributed by atoms with Crippen LogP contribution in [0.4, 0.5) is 5.69 Å². The van der Waals surface area contributed by atoms with E-state index in [0.717, 1.165) is 36.8 Å². The van der Waals surface area contributed by atoms with Gasteiger partial charge in [-0.25, -0.2) is 4.79 Å². The first kappa shape index (κ1) is 28.7. The molecule has 0 aromatic heterocycles. The van der Waals surface area contributed by atoms with Crippen LogP contribution in [0, 0.1) is 0 Å². The van der Waals surface area contributed by atoms with Crippen LogP contribution in [0.5, 0.6) is 11.5 Å². The predicted molar refractivity (Wildman–Crippen MR) is 157 cm³/mol. The van der Waals surface area contributed by atoms with Crippen molar-refractivity contribution in [2.75, 3.05) is 11.9 Å². The first-order valence-corrected chi connectivity index (χ1v) is 14.2. The predicted octanol–water partition coefficient (Wildman–Crippen LogP) is 8.22. The van der Waals surface area contributed by atoms with Crippen LogP contribution in [0.25, 0.3) is 6.08 Å². The third kappa shape index (κ3) is 8.35. The highest BCUT2D eigenvalue weighted by Crippen LogP contribution is 2.38. The number of carbonyl (C=O) groups excluding carboxylic acids is 2. The largest absolute Gasteiger partial charge is 0.490 e. The molecule has 6 nitrogen and oxygen atoms in total. The summed E-state index contributed by atoms with van der Waals surface area (Å²) in [5, 5.41) is 3.44. The van der Waals surface area contributed by atoms with Crippen molar-refractivity contribution in [3.63, 3.8) is 0 Å². The molecule has 0 atom stereocenters.